The van der Waals surface area contributed by atoms with E-state index in [-0.39, 0.29) is 11.3 Å². The van der Waals surface area contributed by atoms with Crippen LogP contribution in [0.25, 0.3) is 0 Å². The fourth-order valence-electron chi connectivity index (χ4n) is 1.55. The van der Waals surface area contributed by atoms with Crippen LogP contribution in [0.5, 0.6) is 5.75 Å². The highest BCUT2D eigenvalue weighted by Gasteiger charge is 2.15. The maximum Gasteiger partial charge on any atom is 0.196 e. The van der Waals surface area contributed by atoms with Gasteiger partial charge in [0.05, 0.1) is 19.0 Å². The summed E-state index contributed by atoms with van der Waals surface area (Å²) in [7, 11) is 1.47. The summed E-state index contributed by atoms with van der Waals surface area (Å²) in [5.41, 5.74) is 5.80. The van der Waals surface area contributed by atoms with Gasteiger partial charge >= 0.3 is 0 Å². The predicted octanol–water partition coefficient (Wildman–Crippen LogP) is 2.04. The molecule has 1 heterocycles. The minimum atomic E-state index is -0.614. The number of ether oxygens (including phenoxy) is 1. The van der Waals surface area contributed by atoms with Crippen LogP contribution in [0.15, 0.2) is 36.7 Å². The van der Waals surface area contributed by atoms with E-state index < -0.39 is 11.6 Å². The summed E-state index contributed by atoms with van der Waals surface area (Å²) in [6, 6.07) is 5.64. The van der Waals surface area contributed by atoms with Gasteiger partial charge in [0.2, 0.25) is 0 Å². The molecule has 0 fully saturated rings. The number of hydrogen-bond donors (Lipinski definition) is 1. The second kappa shape index (κ2) is 4.83. The number of para-hydroxylation sites is 1. The van der Waals surface area contributed by atoms with Gasteiger partial charge < -0.3 is 10.5 Å². The molecule has 0 aliphatic heterocycles. The molecule has 0 bridgehead atoms. The Bertz CT molecular complexity index is 599. The van der Waals surface area contributed by atoms with Crippen molar-refractivity contribution < 1.29 is 13.9 Å². The van der Waals surface area contributed by atoms with Crippen LogP contribution in [0, 0.1) is 5.82 Å². The number of aromatic nitrogens is 1. The van der Waals surface area contributed by atoms with E-state index in [1.807, 2.05) is 0 Å². The quantitative estimate of drug-likeness (QED) is 0.664. The SMILES string of the molecule is COc1cncc(C(=O)c2cccc(F)c2N)c1. The Morgan fingerprint density at radius 2 is 2.17 bits per heavy atom. The number of carbonyl (C=O) groups excluding carboxylic acids is 1. The van der Waals surface area contributed by atoms with E-state index in [0.29, 0.717) is 11.3 Å². The molecule has 0 amide bonds. The van der Waals surface area contributed by atoms with Gasteiger partial charge in [-0.05, 0) is 18.2 Å². The molecule has 0 saturated heterocycles. The van der Waals surface area contributed by atoms with Crippen LogP contribution in [0.2, 0.25) is 0 Å². The lowest BCUT2D eigenvalue weighted by Crippen LogP contribution is -2.07. The summed E-state index contributed by atoms with van der Waals surface area (Å²) in [5.74, 6) is -0.550. The van der Waals surface area contributed by atoms with Crippen molar-refractivity contribution in [3.8, 4) is 5.75 Å². The number of nitrogen functional groups attached to an aromatic ring is 1. The molecule has 2 aromatic rings. The van der Waals surface area contributed by atoms with Crippen molar-refractivity contribution in [3.63, 3.8) is 0 Å². The van der Waals surface area contributed by atoms with Crippen LogP contribution in [0.1, 0.15) is 15.9 Å². The normalized spacial score (nSPS) is 10.1. The van der Waals surface area contributed by atoms with Crippen LogP contribution in [0.3, 0.4) is 0 Å². The number of nitrogens with zero attached hydrogens (tertiary/aromatic N) is 1. The third kappa shape index (κ3) is 2.15. The molecule has 0 aliphatic rings. The highest BCUT2D eigenvalue weighted by molar-refractivity contribution is 6.12. The van der Waals surface area contributed by atoms with Crippen LogP contribution in [-0.2, 0) is 0 Å². The molecular formula is C13H11FN2O2. The highest BCUT2D eigenvalue weighted by atomic mass is 19.1. The third-order valence-corrected chi connectivity index (χ3v) is 2.51. The van der Waals surface area contributed by atoms with E-state index in [4.69, 9.17) is 10.5 Å². The van der Waals surface area contributed by atoms with E-state index in [2.05, 4.69) is 4.98 Å². The zero-order chi connectivity index (χ0) is 13.1. The van der Waals surface area contributed by atoms with Gasteiger partial charge in [0.15, 0.2) is 5.78 Å². The lowest BCUT2D eigenvalue weighted by Gasteiger charge is -2.06. The second-order valence-electron chi connectivity index (χ2n) is 3.64. The number of rotatable bonds is 3. The van der Waals surface area contributed by atoms with Crippen molar-refractivity contribution in [2.45, 2.75) is 0 Å². The zero-order valence-corrected chi connectivity index (χ0v) is 9.68. The van der Waals surface area contributed by atoms with Crippen molar-refractivity contribution in [1.82, 2.24) is 4.98 Å². The summed E-state index contributed by atoms with van der Waals surface area (Å²) in [6.07, 6.45) is 2.86. The Morgan fingerprint density at radius 3 is 2.89 bits per heavy atom. The predicted molar refractivity (Wildman–Crippen MR) is 65.0 cm³/mol. The summed E-state index contributed by atoms with van der Waals surface area (Å²) in [4.78, 5) is 16.0. The van der Waals surface area contributed by atoms with Crippen molar-refractivity contribution in [3.05, 3.63) is 53.6 Å². The van der Waals surface area contributed by atoms with Gasteiger partial charge in [-0.3, -0.25) is 9.78 Å². The Kier molecular flexibility index (Phi) is 3.23. The molecule has 0 saturated carbocycles. The molecule has 4 nitrogen and oxygen atoms in total. The van der Waals surface area contributed by atoms with Crippen molar-refractivity contribution in [2.24, 2.45) is 0 Å². The third-order valence-electron chi connectivity index (χ3n) is 2.51. The standard InChI is InChI=1S/C13H11FN2O2/c1-18-9-5-8(6-16-7-9)13(17)10-3-2-4-11(14)12(10)15/h2-7H,15H2,1H3. The molecule has 0 unspecified atom stereocenters. The maximum absolute atomic E-state index is 13.3. The first-order chi connectivity index (χ1) is 8.63. The van der Waals surface area contributed by atoms with Crippen molar-refractivity contribution in [1.29, 1.82) is 0 Å². The van der Waals surface area contributed by atoms with Crippen LogP contribution >= 0.6 is 0 Å². The Hall–Kier alpha value is -2.43. The molecule has 2 N–H and O–H groups in total. The average Bonchev–Trinajstić information content (AvgIpc) is 2.41. The zero-order valence-electron chi connectivity index (χ0n) is 9.68. The number of methoxy groups -OCH3 is 1. The molecule has 92 valence electrons. The topological polar surface area (TPSA) is 65.2 Å². The summed E-state index contributed by atoms with van der Waals surface area (Å²) >= 11 is 0. The van der Waals surface area contributed by atoms with Gasteiger partial charge in [-0.25, -0.2) is 4.39 Å². The van der Waals surface area contributed by atoms with Crippen molar-refractivity contribution in [2.75, 3.05) is 12.8 Å². The fourth-order valence-corrected chi connectivity index (χ4v) is 1.55. The summed E-state index contributed by atoms with van der Waals surface area (Å²) in [6.45, 7) is 0. The van der Waals surface area contributed by atoms with Gasteiger partial charge in [-0.15, -0.1) is 0 Å². The van der Waals surface area contributed by atoms with Gasteiger partial charge in [0.1, 0.15) is 11.6 Å². The number of carbonyl (C=O) groups is 1. The largest absolute Gasteiger partial charge is 0.495 e. The van der Waals surface area contributed by atoms with Gasteiger partial charge in [-0.2, -0.15) is 0 Å². The van der Waals surface area contributed by atoms with Gasteiger partial charge in [-0.1, -0.05) is 6.07 Å². The summed E-state index contributed by atoms with van der Waals surface area (Å²) < 4.78 is 18.3. The molecule has 5 heteroatoms. The molecule has 18 heavy (non-hydrogen) atoms. The molecule has 2 rings (SSSR count). The highest BCUT2D eigenvalue weighted by Crippen LogP contribution is 2.21. The monoisotopic (exact) mass is 246 g/mol. The number of pyridine rings is 1. The Morgan fingerprint density at radius 1 is 1.39 bits per heavy atom. The van der Waals surface area contributed by atoms with Crippen molar-refractivity contribution >= 4 is 11.5 Å². The second-order valence-corrected chi connectivity index (χ2v) is 3.64. The number of benzene rings is 1. The number of anilines is 1. The average molecular weight is 246 g/mol. The molecule has 0 aliphatic carbocycles. The fraction of sp³-hybridized carbons (Fsp3) is 0.0769. The van der Waals surface area contributed by atoms with Gasteiger partial charge in [0.25, 0.3) is 0 Å². The molecule has 0 spiro atoms. The first-order valence-electron chi connectivity index (χ1n) is 5.21. The smallest absolute Gasteiger partial charge is 0.196 e. The molecule has 1 aromatic heterocycles. The number of halogens is 1. The number of nitrogens with two attached hydrogens (primary N) is 1. The number of hydrogen-bond acceptors (Lipinski definition) is 4. The van der Waals surface area contributed by atoms with Crippen LogP contribution in [-0.4, -0.2) is 17.9 Å². The maximum atomic E-state index is 13.3. The molecule has 0 radical (unpaired) electrons. The van der Waals surface area contributed by atoms with E-state index >= 15 is 0 Å². The number of ketones is 1. The first kappa shape index (κ1) is 12.0. The summed E-state index contributed by atoms with van der Waals surface area (Å²) in [5, 5.41) is 0. The van der Waals surface area contributed by atoms with E-state index in [9.17, 15) is 9.18 Å². The van der Waals surface area contributed by atoms with Gasteiger partial charge in [0, 0.05) is 17.3 Å². The molecular weight excluding hydrogens is 235 g/mol. The minimum Gasteiger partial charge on any atom is -0.495 e. The van der Waals surface area contributed by atoms with E-state index in [1.54, 1.807) is 0 Å². The Balaban J connectivity index is 2.44. The van der Waals surface area contributed by atoms with Crippen LogP contribution < -0.4 is 10.5 Å². The molecule has 1 aromatic carbocycles. The first-order valence-corrected chi connectivity index (χ1v) is 5.21. The van der Waals surface area contributed by atoms with E-state index in [1.165, 1.54) is 43.8 Å². The lowest BCUT2D eigenvalue weighted by molar-refractivity contribution is 0.103. The van der Waals surface area contributed by atoms with Crippen LogP contribution in [0.4, 0.5) is 10.1 Å². The lowest BCUT2D eigenvalue weighted by atomic mass is 10.0. The Labute approximate surface area is 103 Å². The van der Waals surface area contributed by atoms with E-state index in [0.717, 1.165) is 0 Å². The molecule has 0 atom stereocenters. The minimum absolute atomic E-state index is 0.116.